The molecule has 2 heterocycles. The monoisotopic (exact) mass is 400 g/mol. The number of carbonyl (C=O) groups is 1. The van der Waals surface area contributed by atoms with Gasteiger partial charge in [-0.05, 0) is 42.0 Å². The van der Waals surface area contributed by atoms with Crippen LogP contribution in [0, 0.1) is 0 Å². The fourth-order valence-corrected chi connectivity index (χ4v) is 2.61. The van der Waals surface area contributed by atoms with Crippen LogP contribution in [0.1, 0.15) is 16.1 Å². The maximum Gasteiger partial charge on any atom is 0.379 e. The molecule has 2 aromatic heterocycles. The fraction of sp³-hybridized carbons (Fsp3) is 0. The van der Waals surface area contributed by atoms with E-state index in [1.807, 2.05) is 30.3 Å². The predicted octanol–water partition coefficient (Wildman–Crippen LogP) is 3.70. The van der Waals surface area contributed by atoms with Gasteiger partial charge in [0.15, 0.2) is 0 Å². The van der Waals surface area contributed by atoms with Crippen molar-refractivity contribution in [2.45, 2.75) is 0 Å². The number of nitrogens with one attached hydrogen (secondary N) is 2. The number of aromatic nitrogens is 2. The number of carbonyl (C=O) groups excluding carboxylic acids is 1. The van der Waals surface area contributed by atoms with E-state index in [1.165, 1.54) is 18.4 Å². The molecular formula is C22H16N4O4. The normalized spacial score (nSPS) is 10.8. The van der Waals surface area contributed by atoms with Crippen molar-refractivity contribution in [3.63, 3.8) is 0 Å². The van der Waals surface area contributed by atoms with Crippen molar-refractivity contribution in [1.82, 2.24) is 9.97 Å². The van der Waals surface area contributed by atoms with Gasteiger partial charge < -0.3 is 9.15 Å². The van der Waals surface area contributed by atoms with Gasteiger partial charge in [0.05, 0.1) is 18.2 Å². The summed E-state index contributed by atoms with van der Waals surface area (Å²) >= 11 is 0. The van der Waals surface area contributed by atoms with E-state index in [-0.39, 0.29) is 17.3 Å². The van der Waals surface area contributed by atoms with Crippen molar-refractivity contribution >= 4 is 18.1 Å². The summed E-state index contributed by atoms with van der Waals surface area (Å²) in [6.07, 6.45) is 2.95. The second kappa shape index (κ2) is 8.70. The van der Waals surface area contributed by atoms with Gasteiger partial charge >= 0.3 is 5.97 Å². The molecule has 0 unspecified atom stereocenters. The lowest BCUT2D eigenvalue weighted by Gasteiger charge is -2.04. The van der Waals surface area contributed by atoms with Crippen LogP contribution in [0.2, 0.25) is 0 Å². The second-order valence-electron chi connectivity index (χ2n) is 6.15. The van der Waals surface area contributed by atoms with Crippen molar-refractivity contribution in [3.05, 3.63) is 101 Å². The zero-order valence-electron chi connectivity index (χ0n) is 15.6. The summed E-state index contributed by atoms with van der Waals surface area (Å²) in [5.74, 6) is 0.158. The molecule has 0 fully saturated rings. The lowest BCUT2D eigenvalue weighted by Crippen LogP contribution is -2.10. The Morgan fingerprint density at radius 2 is 1.87 bits per heavy atom. The molecule has 8 nitrogen and oxygen atoms in total. The molecule has 2 N–H and O–H groups in total. The van der Waals surface area contributed by atoms with Crippen LogP contribution >= 0.6 is 0 Å². The smallest absolute Gasteiger partial charge is 0.379 e. The third-order valence-corrected chi connectivity index (χ3v) is 4.01. The predicted molar refractivity (Wildman–Crippen MR) is 112 cm³/mol. The summed E-state index contributed by atoms with van der Waals surface area (Å²) in [5, 5.41) is 4.09. The lowest BCUT2D eigenvalue weighted by molar-refractivity contribution is 0.0701. The molecule has 4 aromatic rings. The van der Waals surface area contributed by atoms with Crippen molar-refractivity contribution in [2.75, 3.05) is 5.43 Å². The molecule has 148 valence electrons. The van der Waals surface area contributed by atoms with E-state index in [0.29, 0.717) is 11.4 Å². The van der Waals surface area contributed by atoms with Gasteiger partial charge in [0.1, 0.15) is 5.75 Å². The van der Waals surface area contributed by atoms with Gasteiger partial charge in [-0.25, -0.2) is 15.2 Å². The standard InChI is InChI=1S/C22H16N4O4/c27-20-13-18(16-5-2-1-3-6-16)24-22(25-20)26-23-14-15-8-10-17(11-9-15)30-21(28)19-7-4-12-29-19/h1-14H,(H2,24,25,26,27)/b23-14+. The molecule has 0 aliphatic heterocycles. The third-order valence-electron chi connectivity index (χ3n) is 4.01. The maximum atomic E-state index is 11.9. The Kier molecular flexibility index (Phi) is 5.47. The van der Waals surface area contributed by atoms with Crippen molar-refractivity contribution < 1.29 is 13.9 Å². The van der Waals surface area contributed by atoms with Crippen LogP contribution in [0.4, 0.5) is 5.95 Å². The molecule has 8 heteroatoms. The minimum Gasteiger partial charge on any atom is -0.457 e. The highest BCUT2D eigenvalue weighted by atomic mass is 16.5. The summed E-state index contributed by atoms with van der Waals surface area (Å²) in [6.45, 7) is 0. The van der Waals surface area contributed by atoms with Crippen LogP contribution in [0.25, 0.3) is 11.3 Å². The highest BCUT2D eigenvalue weighted by molar-refractivity contribution is 5.88. The summed E-state index contributed by atoms with van der Waals surface area (Å²) in [7, 11) is 0. The van der Waals surface area contributed by atoms with Crippen molar-refractivity contribution in [1.29, 1.82) is 0 Å². The quantitative estimate of drug-likeness (QED) is 0.221. The van der Waals surface area contributed by atoms with Crippen molar-refractivity contribution in [3.8, 4) is 17.0 Å². The van der Waals surface area contributed by atoms with Gasteiger partial charge in [-0.2, -0.15) is 5.10 Å². The van der Waals surface area contributed by atoms with E-state index in [4.69, 9.17) is 9.15 Å². The first-order valence-corrected chi connectivity index (χ1v) is 8.99. The molecule has 0 aliphatic rings. The topological polar surface area (TPSA) is 110 Å². The van der Waals surface area contributed by atoms with E-state index in [0.717, 1.165) is 11.1 Å². The molecule has 0 aliphatic carbocycles. The number of benzene rings is 2. The number of anilines is 1. The maximum absolute atomic E-state index is 11.9. The molecule has 0 amide bonds. The molecule has 2 aromatic carbocycles. The highest BCUT2D eigenvalue weighted by Crippen LogP contribution is 2.16. The molecule has 4 rings (SSSR count). The van der Waals surface area contributed by atoms with Crippen LogP contribution < -0.4 is 15.7 Å². The zero-order chi connectivity index (χ0) is 20.8. The van der Waals surface area contributed by atoms with Crippen LogP contribution in [-0.4, -0.2) is 22.2 Å². The second-order valence-corrected chi connectivity index (χ2v) is 6.15. The molecule has 30 heavy (non-hydrogen) atoms. The van der Waals surface area contributed by atoms with Crippen LogP contribution in [0.15, 0.2) is 93.4 Å². The number of esters is 1. The first kappa shape index (κ1) is 18.9. The van der Waals surface area contributed by atoms with Crippen LogP contribution in [-0.2, 0) is 0 Å². The van der Waals surface area contributed by atoms with Gasteiger partial charge in [0, 0.05) is 11.6 Å². The number of rotatable bonds is 6. The van der Waals surface area contributed by atoms with Gasteiger partial charge in [-0.15, -0.1) is 0 Å². The molecule has 0 bridgehead atoms. The first-order chi connectivity index (χ1) is 14.7. The van der Waals surface area contributed by atoms with E-state index in [2.05, 4.69) is 20.5 Å². The van der Waals surface area contributed by atoms with Crippen LogP contribution in [0.3, 0.4) is 0 Å². The van der Waals surface area contributed by atoms with Gasteiger partial charge in [0.2, 0.25) is 11.7 Å². The Labute approximate surface area is 170 Å². The van der Waals surface area contributed by atoms with E-state index in [9.17, 15) is 9.59 Å². The van der Waals surface area contributed by atoms with Gasteiger partial charge in [0.25, 0.3) is 5.56 Å². The molecule has 0 saturated heterocycles. The largest absolute Gasteiger partial charge is 0.457 e. The molecule has 0 saturated carbocycles. The fourth-order valence-electron chi connectivity index (χ4n) is 2.61. The number of nitrogens with zero attached hydrogens (tertiary/aromatic N) is 2. The summed E-state index contributed by atoms with van der Waals surface area (Å²) in [5.41, 5.74) is 4.55. The summed E-state index contributed by atoms with van der Waals surface area (Å²) in [6, 6.07) is 20.7. The number of hydrogen-bond acceptors (Lipinski definition) is 7. The Morgan fingerprint density at radius 1 is 1.07 bits per heavy atom. The number of hydrazone groups is 1. The Balaban J connectivity index is 1.40. The van der Waals surface area contributed by atoms with E-state index >= 15 is 0 Å². The molecule has 0 radical (unpaired) electrons. The molecule has 0 atom stereocenters. The average molecular weight is 400 g/mol. The van der Waals surface area contributed by atoms with E-state index < -0.39 is 5.97 Å². The van der Waals surface area contributed by atoms with Gasteiger partial charge in [-0.1, -0.05) is 30.3 Å². The summed E-state index contributed by atoms with van der Waals surface area (Å²) < 4.78 is 10.2. The van der Waals surface area contributed by atoms with Crippen molar-refractivity contribution in [2.24, 2.45) is 5.10 Å². The zero-order valence-corrected chi connectivity index (χ0v) is 15.6. The minimum absolute atomic E-state index is 0.129. The van der Waals surface area contributed by atoms with Crippen LogP contribution in [0.5, 0.6) is 5.75 Å². The van der Waals surface area contributed by atoms with Gasteiger partial charge in [-0.3, -0.25) is 9.78 Å². The first-order valence-electron chi connectivity index (χ1n) is 8.99. The SMILES string of the molecule is O=C(Oc1ccc(/C=N/Nc2nc(-c3ccccc3)cc(=O)[nH]2)cc1)c1ccco1. The minimum atomic E-state index is -0.573. The number of aromatic amines is 1. The Morgan fingerprint density at radius 3 is 2.60 bits per heavy atom. The highest BCUT2D eigenvalue weighted by Gasteiger charge is 2.10. The molecular weight excluding hydrogens is 384 g/mol. The number of ether oxygens (including phenoxy) is 1. The third kappa shape index (κ3) is 4.68. The summed E-state index contributed by atoms with van der Waals surface area (Å²) in [4.78, 5) is 30.7. The number of hydrogen-bond donors (Lipinski definition) is 2. The molecule has 0 spiro atoms. The van der Waals surface area contributed by atoms with E-state index in [1.54, 1.807) is 36.5 Å². The lowest BCUT2D eigenvalue weighted by atomic mass is 10.1. The Bertz CT molecular complexity index is 1210. The Hall–Kier alpha value is -4.46. The average Bonchev–Trinajstić information content (AvgIpc) is 3.30. The number of furan rings is 1. The number of H-pyrrole nitrogens is 1.